The van der Waals surface area contributed by atoms with Crippen LogP contribution in [0.25, 0.3) is 11.5 Å². The highest BCUT2D eigenvalue weighted by molar-refractivity contribution is 5.61. The van der Waals surface area contributed by atoms with E-state index < -0.39 is 5.82 Å². The van der Waals surface area contributed by atoms with E-state index in [9.17, 15) is 9.50 Å². The summed E-state index contributed by atoms with van der Waals surface area (Å²) >= 11 is 0. The molecule has 0 atom stereocenters. The van der Waals surface area contributed by atoms with Gasteiger partial charge in [-0.1, -0.05) is 11.2 Å². The van der Waals surface area contributed by atoms with E-state index in [2.05, 4.69) is 15.1 Å². The van der Waals surface area contributed by atoms with E-state index in [-0.39, 0.29) is 11.6 Å². The van der Waals surface area contributed by atoms with Crippen LogP contribution in [-0.4, -0.2) is 20.2 Å². The Hall–Kier alpha value is -2.76. The molecule has 6 heteroatoms. The van der Waals surface area contributed by atoms with Crippen molar-refractivity contribution < 1.29 is 14.0 Å². The molecule has 1 N–H and O–H groups in total. The quantitative estimate of drug-likeness (QED) is 0.792. The number of benzene rings is 1. The van der Waals surface area contributed by atoms with Gasteiger partial charge >= 0.3 is 0 Å². The van der Waals surface area contributed by atoms with Crippen LogP contribution in [0.4, 0.5) is 4.39 Å². The molecule has 3 rings (SSSR count). The molecule has 2 aromatic heterocycles. The zero-order chi connectivity index (χ0) is 13.9. The van der Waals surface area contributed by atoms with Gasteiger partial charge in [0.25, 0.3) is 5.89 Å². The monoisotopic (exact) mass is 271 g/mol. The topological polar surface area (TPSA) is 72.0 Å². The maximum atomic E-state index is 12.9. The lowest BCUT2D eigenvalue weighted by atomic mass is 10.2. The molecule has 0 saturated heterocycles. The molecular formula is C14H10FN3O2. The van der Waals surface area contributed by atoms with Crippen LogP contribution in [0, 0.1) is 5.82 Å². The molecule has 100 valence electrons. The molecule has 0 fully saturated rings. The molecule has 5 nitrogen and oxygen atoms in total. The van der Waals surface area contributed by atoms with Gasteiger partial charge in [-0.15, -0.1) is 0 Å². The lowest BCUT2D eigenvalue weighted by Crippen LogP contribution is -1.93. The van der Waals surface area contributed by atoms with Crippen molar-refractivity contribution in [2.45, 2.75) is 6.42 Å². The summed E-state index contributed by atoms with van der Waals surface area (Å²) in [5, 5.41) is 13.5. The molecule has 1 aromatic carbocycles. The van der Waals surface area contributed by atoms with Crippen molar-refractivity contribution in [3.63, 3.8) is 0 Å². The number of halogens is 1. The van der Waals surface area contributed by atoms with Crippen molar-refractivity contribution in [2.75, 3.05) is 0 Å². The maximum absolute atomic E-state index is 12.9. The summed E-state index contributed by atoms with van der Waals surface area (Å²) in [4.78, 5) is 8.33. The van der Waals surface area contributed by atoms with Crippen LogP contribution in [0.1, 0.15) is 11.5 Å². The van der Waals surface area contributed by atoms with Crippen LogP contribution < -0.4 is 0 Å². The first-order valence-corrected chi connectivity index (χ1v) is 5.94. The normalized spacial score (nSPS) is 10.7. The number of nitrogens with zero attached hydrogens (tertiary/aromatic N) is 3. The van der Waals surface area contributed by atoms with E-state index in [4.69, 9.17) is 4.52 Å². The molecular weight excluding hydrogens is 261 g/mol. The second kappa shape index (κ2) is 5.08. The fraction of sp³-hybridized carbons (Fsp3) is 0.0714. The highest BCUT2D eigenvalue weighted by atomic mass is 19.1. The molecule has 3 aromatic rings. The van der Waals surface area contributed by atoms with Gasteiger partial charge in [-0.3, -0.25) is 4.98 Å². The molecule has 0 unspecified atom stereocenters. The second-order valence-corrected chi connectivity index (χ2v) is 4.18. The third-order valence-corrected chi connectivity index (χ3v) is 2.72. The van der Waals surface area contributed by atoms with Crippen molar-refractivity contribution in [3.8, 4) is 17.2 Å². The summed E-state index contributed by atoms with van der Waals surface area (Å²) < 4.78 is 18.0. The highest BCUT2D eigenvalue weighted by Gasteiger charge is 2.13. The third-order valence-electron chi connectivity index (χ3n) is 2.72. The van der Waals surface area contributed by atoms with Crippen LogP contribution in [0.15, 0.2) is 47.1 Å². The molecule has 0 bridgehead atoms. The molecule has 0 saturated carbocycles. The number of rotatable bonds is 3. The minimum absolute atomic E-state index is 0.147. The van der Waals surface area contributed by atoms with E-state index >= 15 is 0 Å². The van der Waals surface area contributed by atoms with Gasteiger partial charge in [0.1, 0.15) is 11.6 Å². The molecule has 0 aliphatic rings. The smallest absolute Gasteiger partial charge is 0.261 e. The highest BCUT2D eigenvalue weighted by Crippen LogP contribution is 2.28. The van der Waals surface area contributed by atoms with Crippen LogP contribution >= 0.6 is 0 Å². The number of hydrogen-bond acceptors (Lipinski definition) is 5. The Bertz CT molecular complexity index is 728. The second-order valence-electron chi connectivity index (χ2n) is 4.18. The summed E-state index contributed by atoms with van der Waals surface area (Å²) in [6, 6.07) is 9.15. The zero-order valence-corrected chi connectivity index (χ0v) is 10.3. The standard InChI is InChI=1S/C14H10FN3O2/c15-9-4-5-11(12(19)7-9)14-17-13(18-20-14)8-10-3-1-2-6-16-10/h1-7,19H,8H2. The minimum Gasteiger partial charge on any atom is -0.507 e. The van der Waals surface area contributed by atoms with E-state index in [0.29, 0.717) is 17.8 Å². The average molecular weight is 271 g/mol. The lowest BCUT2D eigenvalue weighted by molar-refractivity contribution is 0.417. The Balaban J connectivity index is 1.87. The summed E-state index contributed by atoms with van der Waals surface area (Å²) in [5.41, 5.74) is 1.11. The van der Waals surface area contributed by atoms with Crippen LogP contribution in [0.5, 0.6) is 5.75 Å². The zero-order valence-electron chi connectivity index (χ0n) is 10.3. The fourth-order valence-corrected chi connectivity index (χ4v) is 1.79. The van der Waals surface area contributed by atoms with E-state index in [1.807, 2.05) is 18.2 Å². The van der Waals surface area contributed by atoms with Crippen molar-refractivity contribution in [3.05, 3.63) is 59.9 Å². The lowest BCUT2D eigenvalue weighted by Gasteiger charge is -1.98. The van der Waals surface area contributed by atoms with Crippen molar-refractivity contribution >= 4 is 0 Å². The van der Waals surface area contributed by atoms with E-state index in [1.165, 1.54) is 12.1 Å². The minimum atomic E-state index is -0.528. The Morgan fingerprint density at radius 3 is 2.85 bits per heavy atom. The van der Waals surface area contributed by atoms with Gasteiger partial charge in [0, 0.05) is 18.0 Å². The molecule has 0 radical (unpaired) electrons. The largest absolute Gasteiger partial charge is 0.507 e. The molecule has 20 heavy (non-hydrogen) atoms. The molecule has 2 heterocycles. The van der Waals surface area contributed by atoms with Gasteiger partial charge in [0.15, 0.2) is 5.82 Å². The van der Waals surface area contributed by atoms with E-state index in [0.717, 1.165) is 11.8 Å². The first-order chi connectivity index (χ1) is 9.72. The Kier molecular flexibility index (Phi) is 3.12. The van der Waals surface area contributed by atoms with Crippen LogP contribution in [0.3, 0.4) is 0 Å². The Morgan fingerprint density at radius 2 is 2.10 bits per heavy atom. The van der Waals surface area contributed by atoms with Gasteiger partial charge in [-0.2, -0.15) is 4.98 Å². The molecule has 0 spiro atoms. The SMILES string of the molecule is Oc1cc(F)ccc1-c1nc(Cc2ccccn2)no1. The number of phenols is 1. The van der Waals surface area contributed by atoms with E-state index in [1.54, 1.807) is 6.20 Å². The molecule has 0 aliphatic carbocycles. The number of aromatic nitrogens is 3. The van der Waals surface area contributed by atoms with Crippen molar-refractivity contribution in [1.82, 2.24) is 15.1 Å². The van der Waals surface area contributed by atoms with Crippen molar-refractivity contribution in [1.29, 1.82) is 0 Å². The number of aromatic hydroxyl groups is 1. The predicted molar refractivity (Wildman–Crippen MR) is 68.4 cm³/mol. The van der Waals surface area contributed by atoms with Gasteiger partial charge < -0.3 is 9.63 Å². The predicted octanol–water partition coefficient (Wildman–Crippen LogP) is 2.57. The van der Waals surface area contributed by atoms with Crippen LogP contribution in [0.2, 0.25) is 0 Å². The number of pyridine rings is 1. The fourth-order valence-electron chi connectivity index (χ4n) is 1.79. The third kappa shape index (κ3) is 2.49. The summed E-state index contributed by atoms with van der Waals surface area (Å²) in [7, 11) is 0. The first-order valence-electron chi connectivity index (χ1n) is 5.94. The Morgan fingerprint density at radius 1 is 1.20 bits per heavy atom. The summed E-state index contributed by atoms with van der Waals surface area (Å²) in [6.45, 7) is 0. The van der Waals surface area contributed by atoms with Crippen molar-refractivity contribution in [2.24, 2.45) is 0 Å². The van der Waals surface area contributed by atoms with Crippen LogP contribution in [-0.2, 0) is 6.42 Å². The van der Waals surface area contributed by atoms with Gasteiger partial charge in [0.05, 0.1) is 12.0 Å². The summed E-state index contributed by atoms with van der Waals surface area (Å²) in [5.74, 6) is -0.173. The van der Waals surface area contributed by atoms with Gasteiger partial charge in [-0.05, 0) is 24.3 Å². The molecule has 0 amide bonds. The van der Waals surface area contributed by atoms with Gasteiger partial charge in [0.2, 0.25) is 0 Å². The number of hydrogen-bond donors (Lipinski definition) is 1. The maximum Gasteiger partial charge on any atom is 0.261 e. The Labute approximate surface area is 113 Å². The summed E-state index contributed by atoms with van der Waals surface area (Å²) in [6.07, 6.45) is 2.11. The van der Waals surface area contributed by atoms with Gasteiger partial charge in [-0.25, -0.2) is 4.39 Å². The average Bonchev–Trinajstić information content (AvgIpc) is 2.88. The molecule has 0 aliphatic heterocycles. The number of phenolic OH excluding ortho intramolecular Hbond substituents is 1. The first kappa shape index (κ1) is 12.3.